The summed E-state index contributed by atoms with van der Waals surface area (Å²) in [7, 11) is 0. The molecule has 0 spiro atoms. The summed E-state index contributed by atoms with van der Waals surface area (Å²) >= 11 is 0. The quantitative estimate of drug-likeness (QED) is 0.317. The van der Waals surface area contributed by atoms with Gasteiger partial charge in [-0.15, -0.1) is 6.42 Å². The molecular weight excluding hydrogens is 344 g/mol. The van der Waals surface area contributed by atoms with Gasteiger partial charge in [-0.25, -0.2) is 5.43 Å². The number of carbonyl (C=O) groups excluding carboxylic acids is 1. The molecule has 1 heterocycles. The van der Waals surface area contributed by atoms with Gasteiger partial charge in [0, 0.05) is 34.3 Å². The van der Waals surface area contributed by atoms with Gasteiger partial charge in [0.2, 0.25) is 5.91 Å². The van der Waals surface area contributed by atoms with Crippen molar-refractivity contribution in [2.24, 2.45) is 5.10 Å². The van der Waals surface area contributed by atoms with Crippen molar-refractivity contribution in [3.63, 3.8) is 0 Å². The molecule has 0 unspecified atom stereocenters. The van der Waals surface area contributed by atoms with Crippen LogP contribution in [-0.4, -0.2) is 21.6 Å². The summed E-state index contributed by atoms with van der Waals surface area (Å²) in [6, 6.07) is 13.9. The standard InChI is InChI=1S/C20H16N4O3/c1-2-11-23-14-16(17-8-4-6-10-19(17)23)13-21-22-20(25)12-15-7-3-5-9-18(15)24(26)27/h1,3-10,13-14H,11-12H2,(H,22,25)/b21-13+. The number of aromatic nitrogens is 1. The van der Waals surface area contributed by atoms with E-state index in [-0.39, 0.29) is 12.1 Å². The Kier molecular flexibility index (Phi) is 5.28. The molecule has 3 rings (SSSR count). The molecule has 27 heavy (non-hydrogen) atoms. The topological polar surface area (TPSA) is 89.5 Å². The highest BCUT2D eigenvalue weighted by molar-refractivity contribution is 5.99. The number of benzene rings is 2. The molecular formula is C20H16N4O3. The Morgan fingerprint density at radius 2 is 2.00 bits per heavy atom. The number of nitro benzene ring substituents is 1. The van der Waals surface area contributed by atoms with Crippen molar-refractivity contribution in [3.8, 4) is 12.3 Å². The van der Waals surface area contributed by atoms with Crippen LogP contribution in [0, 0.1) is 22.5 Å². The van der Waals surface area contributed by atoms with E-state index in [4.69, 9.17) is 6.42 Å². The monoisotopic (exact) mass is 360 g/mol. The van der Waals surface area contributed by atoms with Gasteiger partial charge in [-0.3, -0.25) is 14.9 Å². The number of nitro groups is 1. The van der Waals surface area contributed by atoms with Crippen molar-refractivity contribution in [3.05, 3.63) is 76.0 Å². The first-order valence-corrected chi connectivity index (χ1v) is 8.15. The molecule has 1 N–H and O–H groups in total. The lowest BCUT2D eigenvalue weighted by Gasteiger charge is -2.01. The highest BCUT2D eigenvalue weighted by Gasteiger charge is 2.15. The van der Waals surface area contributed by atoms with E-state index in [2.05, 4.69) is 16.4 Å². The summed E-state index contributed by atoms with van der Waals surface area (Å²) in [6.45, 7) is 0.429. The van der Waals surface area contributed by atoms with Gasteiger partial charge in [-0.1, -0.05) is 42.3 Å². The number of terminal acetylenes is 1. The number of fused-ring (bicyclic) bond motifs is 1. The van der Waals surface area contributed by atoms with Crippen LogP contribution in [0.2, 0.25) is 0 Å². The zero-order chi connectivity index (χ0) is 19.2. The molecule has 0 radical (unpaired) electrons. The van der Waals surface area contributed by atoms with E-state index in [0.29, 0.717) is 12.1 Å². The predicted octanol–water partition coefficient (Wildman–Crippen LogP) is 2.88. The number of hydrazone groups is 1. The van der Waals surface area contributed by atoms with E-state index in [1.807, 2.05) is 35.0 Å². The second-order valence-electron chi connectivity index (χ2n) is 5.79. The van der Waals surface area contributed by atoms with Crippen LogP contribution < -0.4 is 5.43 Å². The fourth-order valence-corrected chi connectivity index (χ4v) is 2.83. The lowest BCUT2D eigenvalue weighted by Crippen LogP contribution is -2.20. The summed E-state index contributed by atoms with van der Waals surface area (Å²) in [5, 5.41) is 15.9. The molecule has 0 fully saturated rings. The Morgan fingerprint density at radius 3 is 2.78 bits per heavy atom. The smallest absolute Gasteiger partial charge is 0.273 e. The van der Waals surface area contributed by atoms with Crippen molar-refractivity contribution in [2.45, 2.75) is 13.0 Å². The summed E-state index contributed by atoms with van der Waals surface area (Å²) in [6.07, 6.45) is 8.66. The summed E-state index contributed by atoms with van der Waals surface area (Å²) in [5.41, 5.74) is 4.44. The number of hydrogen-bond acceptors (Lipinski definition) is 4. The van der Waals surface area contributed by atoms with Crippen LogP contribution in [0.25, 0.3) is 10.9 Å². The first-order valence-electron chi connectivity index (χ1n) is 8.15. The van der Waals surface area contributed by atoms with Gasteiger partial charge < -0.3 is 4.57 Å². The number of nitrogens with zero attached hydrogens (tertiary/aromatic N) is 3. The highest BCUT2D eigenvalue weighted by atomic mass is 16.6. The maximum atomic E-state index is 12.1. The third-order valence-electron chi connectivity index (χ3n) is 4.01. The van der Waals surface area contributed by atoms with Crippen molar-refractivity contribution < 1.29 is 9.72 Å². The number of amides is 1. The minimum absolute atomic E-state index is 0.0889. The van der Waals surface area contributed by atoms with E-state index in [9.17, 15) is 14.9 Å². The van der Waals surface area contributed by atoms with Gasteiger partial charge in [0.05, 0.1) is 24.1 Å². The number of nitrogens with one attached hydrogen (secondary N) is 1. The maximum absolute atomic E-state index is 12.1. The molecule has 3 aromatic rings. The molecule has 0 aliphatic carbocycles. The molecule has 0 aliphatic heterocycles. The molecule has 1 amide bonds. The maximum Gasteiger partial charge on any atom is 0.273 e. The number of hydrogen-bond donors (Lipinski definition) is 1. The van der Waals surface area contributed by atoms with Gasteiger partial charge in [-0.2, -0.15) is 5.10 Å². The van der Waals surface area contributed by atoms with Crippen molar-refractivity contribution >= 4 is 28.7 Å². The van der Waals surface area contributed by atoms with E-state index < -0.39 is 10.8 Å². The molecule has 0 atom stereocenters. The Labute approximate surface area is 155 Å². The first-order chi connectivity index (χ1) is 13.1. The largest absolute Gasteiger partial charge is 0.335 e. The van der Waals surface area contributed by atoms with Crippen molar-refractivity contribution in [2.75, 3.05) is 0 Å². The van der Waals surface area contributed by atoms with Crippen LogP contribution in [0.15, 0.2) is 59.8 Å². The van der Waals surface area contributed by atoms with E-state index in [0.717, 1.165) is 16.5 Å². The van der Waals surface area contributed by atoms with Gasteiger partial charge >= 0.3 is 0 Å². The number of rotatable bonds is 6. The Morgan fingerprint density at radius 1 is 1.26 bits per heavy atom. The Bertz CT molecular complexity index is 1080. The van der Waals surface area contributed by atoms with Crippen molar-refractivity contribution in [1.82, 2.24) is 9.99 Å². The molecule has 7 heteroatoms. The average molecular weight is 360 g/mol. The lowest BCUT2D eigenvalue weighted by molar-refractivity contribution is -0.385. The Balaban J connectivity index is 1.73. The molecule has 134 valence electrons. The minimum atomic E-state index is -0.508. The fraction of sp³-hybridized carbons (Fsp3) is 0.100. The Hall–Kier alpha value is -3.92. The molecule has 1 aromatic heterocycles. The van der Waals surface area contributed by atoms with E-state index >= 15 is 0 Å². The number of carbonyl (C=O) groups is 1. The molecule has 2 aromatic carbocycles. The zero-order valence-corrected chi connectivity index (χ0v) is 14.3. The van der Waals surface area contributed by atoms with E-state index in [1.165, 1.54) is 12.3 Å². The first kappa shape index (κ1) is 17.9. The summed E-state index contributed by atoms with van der Waals surface area (Å²) < 4.78 is 1.92. The SMILES string of the molecule is C#CCn1cc(/C=N/NC(=O)Cc2ccccc2[N+](=O)[O-])c2ccccc21. The third kappa shape index (κ3) is 4.02. The van der Waals surface area contributed by atoms with Gasteiger partial charge in [-0.05, 0) is 6.07 Å². The van der Waals surface area contributed by atoms with Gasteiger partial charge in [0.25, 0.3) is 5.69 Å². The highest BCUT2D eigenvalue weighted by Crippen LogP contribution is 2.20. The van der Waals surface area contributed by atoms with Gasteiger partial charge in [0.15, 0.2) is 0 Å². The summed E-state index contributed by atoms with van der Waals surface area (Å²) in [4.78, 5) is 22.6. The number of para-hydroxylation sites is 2. The second-order valence-corrected chi connectivity index (χ2v) is 5.79. The normalized spacial score (nSPS) is 10.8. The minimum Gasteiger partial charge on any atom is -0.335 e. The van der Waals surface area contributed by atoms with Crippen LogP contribution in [0.4, 0.5) is 5.69 Å². The molecule has 0 saturated heterocycles. The molecule has 0 aliphatic rings. The van der Waals surface area contributed by atoms with Crippen LogP contribution in [0.3, 0.4) is 0 Å². The van der Waals surface area contributed by atoms with Crippen LogP contribution >= 0.6 is 0 Å². The summed E-state index contributed by atoms with van der Waals surface area (Å²) in [5.74, 6) is 2.16. The molecule has 0 bridgehead atoms. The molecule has 7 nitrogen and oxygen atoms in total. The fourth-order valence-electron chi connectivity index (χ4n) is 2.83. The van der Waals surface area contributed by atoms with E-state index in [1.54, 1.807) is 18.2 Å². The van der Waals surface area contributed by atoms with Crippen LogP contribution in [0.1, 0.15) is 11.1 Å². The van der Waals surface area contributed by atoms with Crippen molar-refractivity contribution in [1.29, 1.82) is 0 Å². The second kappa shape index (κ2) is 7.97. The van der Waals surface area contributed by atoms with Crippen LogP contribution in [-0.2, 0) is 17.8 Å². The predicted molar refractivity (Wildman–Crippen MR) is 103 cm³/mol. The average Bonchev–Trinajstić information content (AvgIpc) is 3.00. The zero-order valence-electron chi connectivity index (χ0n) is 14.3. The third-order valence-corrected chi connectivity index (χ3v) is 4.01. The molecule has 0 saturated carbocycles. The lowest BCUT2D eigenvalue weighted by atomic mass is 10.1. The van der Waals surface area contributed by atoms with Gasteiger partial charge in [0.1, 0.15) is 0 Å². The van der Waals surface area contributed by atoms with Crippen LogP contribution in [0.5, 0.6) is 0 Å².